The highest BCUT2D eigenvalue weighted by molar-refractivity contribution is 8.76. The number of aliphatic carboxylic acids is 1. The first-order chi connectivity index (χ1) is 37.4. The van der Waals surface area contributed by atoms with Gasteiger partial charge in [0.05, 0.1) is 12.1 Å². The molecule has 9 atom stereocenters. The summed E-state index contributed by atoms with van der Waals surface area (Å²) >= 11 is 0. The van der Waals surface area contributed by atoms with E-state index in [1.165, 1.54) is 14.0 Å². The van der Waals surface area contributed by atoms with Gasteiger partial charge in [-0.3, -0.25) is 38.4 Å². The molecule has 0 radical (unpaired) electrons. The van der Waals surface area contributed by atoms with Crippen molar-refractivity contribution < 1.29 is 53.4 Å². The Bertz CT molecular complexity index is 2880. The molecule has 2 heterocycles. The van der Waals surface area contributed by atoms with E-state index in [1.807, 2.05) is 0 Å². The molecule has 1 fully saturated rings. The van der Waals surface area contributed by atoms with Gasteiger partial charge < -0.3 is 68.8 Å². The van der Waals surface area contributed by atoms with Crippen LogP contribution in [0, 0.1) is 0 Å². The number of likely N-dealkylation sites (N-methyl/N-ethyl adjacent to an activating group) is 1. The minimum absolute atomic E-state index is 0.0419. The standard InChI is InChI=1S/C54H65N11O11S2/c1-31(66)45-52(73)61-41(26-34-18-10-5-11-19-34)50(71)62-43(54(75)76)30-78-77-29-37(56)47(68)58-39(24-32-14-6-3-7-15-32)48(69)59-40(25-33-16-8-4-9-17-33)49(70)60-42(27-35-28-57-38-21-13-12-20-36(35)38)51(72)64-46(53(74)63-45)65(2)44(67)22-23-55/h3-21,28,31,37,39-43,45-46,57,66H,22-27,29-30,55-56H2,1-2H3,(H,58,68)(H,59,69)(H,60,70)(H,61,73)(H,62,71)(H,63,74)(H,64,72)(H,75,76)/t31-,37+,39+,40+,41+,42-,43+,45+,46-/m1/s1. The maximum atomic E-state index is 14.9. The Hall–Kier alpha value is -7.77. The summed E-state index contributed by atoms with van der Waals surface area (Å²) in [7, 11) is 3.22. The van der Waals surface area contributed by atoms with Gasteiger partial charge >= 0.3 is 5.97 Å². The van der Waals surface area contributed by atoms with Gasteiger partial charge in [0, 0.05) is 74.3 Å². The summed E-state index contributed by atoms with van der Waals surface area (Å²) in [6.45, 7) is 1.02. The lowest BCUT2D eigenvalue weighted by Crippen LogP contribution is -2.65. The van der Waals surface area contributed by atoms with E-state index < -0.39 is 108 Å². The Morgan fingerprint density at radius 2 is 1.04 bits per heavy atom. The number of aliphatic hydroxyl groups is 1. The number of nitrogens with zero attached hydrogens (tertiary/aromatic N) is 1. The SMILES string of the molecule is C[C@@H](O)[C@@H]1NC(=O)[C@@H](N(C)C(=O)CCN)NC(=O)[C@@H](Cc2c[nH]c3ccccc23)NC(=O)[C@H](Cc2ccccc2)NC(=O)[C@H](Cc2ccccc2)NC(=O)[C@@H](N)CSSC[C@@H](C(=O)O)NC(=O)[C@H](Cc2ccccc2)NC1=O. The molecule has 1 saturated heterocycles. The second kappa shape index (κ2) is 29.1. The summed E-state index contributed by atoms with van der Waals surface area (Å²) in [6.07, 6.45) is -2.80. The number of hydrogen-bond donors (Lipinski definition) is 12. The van der Waals surface area contributed by atoms with Crippen molar-refractivity contribution in [2.75, 3.05) is 25.1 Å². The van der Waals surface area contributed by atoms with Crippen LogP contribution in [-0.4, -0.2) is 153 Å². The van der Waals surface area contributed by atoms with Gasteiger partial charge in [-0.2, -0.15) is 0 Å². The number of amides is 8. The average molecular weight is 1110 g/mol. The lowest BCUT2D eigenvalue weighted by molar-refractivity contribution is -0.145. The number of carboxylic acids is 1. The Kier molecular flexibility index (Phi) is 22.2. The molecule has 0 aliphatic carbocycles. The van der Waals surface area contributed by atoms with Crippen LogP contribution in [0.1, 0.15) is 35.6 Å². The predicted octanol–water partition coefficient (Wildman–Crippen LogP) is -0.215. The molecule has 414 valence electrons. The zero-order valence-corrected chi connectivity index (χ0v) is 44.5. The minimum atomic E-state index is -1.94. The Morgan fingerprint density at radius 3 is 1.55 bits per heavy atom. The summed E-state index contributed by atoms with van der Waals surface area (Å²) in [5.74, 6) is -9.06. The van der Waals surface area contributed by atoms with Crippen LogP contribution in [0.2, 0.25) is 0 Å². The number of rotatable bonds is 13. The molecule has 24 heteroatoms. The number of carbonyl (C=O) groups is 9. The van der Waals surface area contributed by atoms with Gasteiger partial charge in [-0.25, -0.2) is 4.79 Å². The highest BCUT2D eigenvalue weighted by Gasteiger charge is 2.38. The van der Waals surface area contributed by atoms with Crippen LogP contribution in [0.3, 0.4) is 0 Å². The fourth-order valence-corrected chi connectivity index (χ4v) is 10.7. The van der Waals surface area contributed by atoms with Gasteiger partial charge in [0.2, 0.25) is 41.4 Å². The number of carboxylic acid groups (broad SMARTS) is 1. The molecule has 14 N–H and O–H groups in total. The fraction of sp³-hybridized carbons (Fsp3) is 0.352. The molecule has 4 aromatic carbocycles. The van der Waals surface area contributed by atoms with Gasteiger partial charge in [0.1, 0.15) is 36.3 Å². The molecule has 0 bridgehead atoms. The smallest absolute Gasteiger partial charge is 0.327 e. The molecular weight excluding hydrogens is 1040 g/mol. The average Bonchev–Trinajstić information content (AvgIpc) is 3.84. The molecule has 0 spiro atoms. The summed E-state index contributed by atoms with van der Waals surface area (Å²) < 4.78 is 0. The van der Waals surface area contributed by atoms with E-state index in [-0.39, 0.29) is 50.2 Å². The molecule has 0 unspecified atom stereocenters. The Morgan fingerprint density at radius 1 is 0.590 bits per heavy atom. The first kappa shape index (κ1) is 59.5. The van der Waals surface area contributed by atoms with Gasteiger partial charge in [-0.1, -0.05) is 131 Å². The van der Waals surface area contributed by atoms with E-state index in [0.717, 1.165) is 26.5 Å². The van der Waals surface area contributed by atoms with E-state index >= 15 is 0 Å². The molecule has 5 aromatic rings. The summed E-state index contributed by atoms with van der Waals surface area (Å²) in [5, 5.41) is 40.2. The third kappa shape index (κ3) is 17.1. The van der Waals surface area contributed by atoms with E-state index in [9.17, 15) is 53.4 Å². The van der Waals surface area contributed by atoms with Crippen LogP contribution in [0.25, 0.3) is 10.9 Å². The number of aromatic amines is 1. The number of nitrogens with two attached hydrogens (primary N) is 2. The predicted molar refractivity (Wildman–Crippen MR) is 295 cm³/mol. The normalized spacial score (nSPS) is 23.3. The monoisotopic (exact) mass is 1110 g/mol. The van der Waals surface area contributed by atoms with Crippen molar-refractivity contribution in [2.24, 2.45) is 11.5 Å². The van der Waals surface area contributed by atoms with Crippen LogP contribution in [-0.2, 0) is 68.8 Å². The zero-order valence-electron chi connectivity index (χ0n) is 42.9. The molecule has 1 aromatic heterocycles. The van der Waals surface area contributed by atoms with Crippen molar-refractivity contribution >= 4 is 85.7 Å². The number of hydrogen-bond acceptors (Lipinski definition) is 14. The van der Waals surface area contributed by atoms with Crippen LogP contribution in [0.5, 0.6) is 0 Å². The maximum absolute atomic E-state index is 14.9. The Balaban J connectivity index is 1.43. The number of carbonyl (C=O) groups excluding carboxylic acids is 8. The second-order valence-corrected chi connectivity index (χ2v) is 21.2. The number of nitrogens with one attached hydrogen (secondary N) is 8. The molecule has 22 nitrogen and oxygen atoms in total. The quantitative estimate of drug-likeness (QED) is 0.0679. The lowest BCUT2D eigenvalue weighted by atomic mass is 10.0. The number of aromatic nitrogens is 1. The van der Waals surface area contributed by atoms with E-state index in [4.69, 9.17) is 11.5 Å². The van der Waals surface area contributed by atoms with Crippen LogP contribution < -0.4 is 48.7 Å². The van der Waals surface area contributed by atoms with Gasteiger partial charge in [-0.05, 0) is 35.2 Å². The van der Waals surface area contributed by atoms with Crippen molar-refractivity contribution in [3.8, 4) is 0 Å². The first-order valence-electron chi connectivity index (χ1n) is 25.1. The molecule has 8 amide bonds. The van der Waals surface area contributed by atoms with Crippen molar-refractivity contribution in [1.82, 2.24) is 47.1 Å². The van der Waals surface area contributed by atoms with Crippen molar-refractivity contribution in [3.63, 3.8) is 0 Å². The van der Waals surface area contributed by atoms with Gasteiger partial charge in [-0.15, -0.1) is 0 Å². The summed E-state index contributed by atoms with van der Waals surface area (Å²) in [5.41, 5.74) is 15.2. The van der Waals surface area contributed by atoms with Crippen LogP contribution in [0.15, 0.2) is 121 Å². The second-order valence-electron chi connectivity index (χ2n) is 18.6. The molecule has 1 aliphatic heterocycles. The number of benzene rings is 4. The zero-order chi connectivity index (χ0) is 56.3. The number of H-pyrrole nitrogens is 1. The largest absolute Gasteiger partial charge is 0.480 e. The molecule has 0 saturated carbocycles. The van der Waals surface area contributed by atoms with E-state index in [1.54, 1.807) is 121 Å². The highest BCUT2D eigenvalue weighted by atomic mass is 33.1. The maximum Gasteiger partial charge on any atom is 0.327 e. The minimum Gasteiger partial charge on any atom is -0.480 e. The summed E-state index contributed by atoms with van der Waals surface area (Å²) in [6, 6.07) is 22.7. The fourth-order valence-electron chi connectivity index (χ4n) is 8.41. The molecular formula is C54H65N11O11S2. The van der Waals surface area contributed by atoms with E-state index in [2.05, 4.69) is 42.2 Å². The van der Waals surface area contributed by atoms with Crippen molar-refractivity contribution in [3.05, 3.63) is 144 Å². The number of para-hydroxylation sites is 1. The molecule has 6 rings (SSSR count). The molecule has 78 heavy (non-hydrogen) atoms. The summed E-state index contributed by atoms with van der Waals surface area (Å²) in [4.78, 5) is 131. The number of aliphatic hydroxyl groups excluding tert-OH is 1. The third-order valence-electron chi connectivity index (χ3n) is 12.7. The first-order valence-corrected chi connectivity index (χ1v) is 27.6. The van der Waals surface area contributed by atoms with Gasteiger partial charge in [0.15, 0.2) is 6.17 Å². The molecule has 1 aliphatic rings. The highest BCUT2D eigenvalue weighted by Crippen LogP contribution is 2.24. The van der Waals surface area contributed by atoms with E-state index in [0.29, 0.717) is 33.2 Å². The third-order valence-corrected chi connectivity index (χ3v) is 15.2. The van der Waals surface area contributed by atoms with Crippen molar-refractivity contribution in [1.29, 1.82) is 0 Å². The Labute approximate surface area is 458 Å². The topological polar surface area (TPSA) is 349 Å². The lowest BCUT2D eigenvalue weighted by Gasteiger charge is -2.32. The number of fused-ring (bicyclic) bond motifs is 1. The van der Waals surface area contributed by atoms with Crippen LogP contribution >= 0.6 is 21.6 Å². The van der Waals surface area contributed by atoms with Crippen LogP contribution in [0.4, 0.5) is 0 Å². The van der Waals surface area contributed by atoms with Gasteiger partial charge in [0.25, 0.3) is 5.91 Å². The van der Waals surface area contributed by atoms with Crippen molar-refractivity contribution in [2.45, 2.75) is 93.6 Å².